The van der Waals surface area contributed by atoms with Gasteiger partial charge in [-0.25, -0.2) is 0 Å². The summed E-state index contributed by atoms with van der Waals surface area (Å²) >= 11 is 5.91. The molecular formula is C15H22ClN. The third-order valence-corrected chi connectivity index (χ3v) is 3.96. The van der Waals surface area contributed by atoms with Crippen molar-refractivity contribution in [1.82, 2.24) is 5.32 Å². The molecule has 0 spiro atoms. The Morgan fingerprint density at radius 1 is 1.06 bits per heavy atom. The first kappa shape index (κ1) is 12.9. The summed E-state index contributed by atoms with van der Waals surface area (Å²) in [6.07, 6.45) is 8.24. The first-order valence-electron chi connectivity index (χ1n) is 6.77. The maximum absolute atomic E-state index is 5.91. The molecule has 1 atom stereocenters. The molecule has 1 aromatic rings. The molecule has 94 valence electrons. The quantitative estimate of drug-likeness (QED) is 0.767. The SMILES string of the molecule is C[C@H](NC1CCCCCC1)c1ccc(Cl)cc1. The summed E-state index contributed by atoms with van der Waals surface area (Å²) in [6, 6.07) is 9.32. The van der Waals surface area contributed by atoms with Crippen LogP contribution in [-0.4, -0.2) is 6.04 Å². The molecule has 0 saturated heterocycles. The van der Waals surface area contributed by atoms with Gasteiger partial charge in [0.15, 0.2) is 0 Å². The second-order valence-corrected chi connectivity index (χ2v) is 5.56. The summed E-state index contributed by atoms with van der Waals surface area (Å²) in [7, 11) is 0. The zero-order valence-corrected chi connectivity index (χ0v) is 11.3. The van der Waals surface area contributed by atoms with Crippen molar-refractivity contribution >= 4 is 11.6 Å². The summed E-state index contributed by atoms with van der Waals surface area (Å²) in [4.78, 5) is 0. The standard InChI is InChI=1S/C15H22ClN/c1-12(13-8-10-14(16)11-9-13)17-15-6-4-2-3-5-7-15/h8-12,15,17H,2-7H2,1H3/t12-/m0/s1. The fourth-order valence-electron chi connectivity index (χ4n) is 2.65. The van der Waals surface area contributed by atoms with E-state index in [-0.39, 0.29) is 0 Å². The van der Waals surface area contributed by atoms with Crippen LogP contribution >= 0.6 is 11.6 Å². The van der Waals surface area contributed by atoms with E-state index in [0.29, 0.717) is 12.1 Å². The highest BCUT2D eigenvalue weighted by atomic mass is 35.5. The molecule has 1 saturated carbocycles. The van der Waals surface area contributed by atoms with Crippen LogP contribution in [-0.2, 0) is 0 Å². The molecule has 0 aliphatic heterocycles. The molecule has 17 heavy (non-hydrogen) atoms. The molecule has 1 aromatic carbocycles. The maximum atomic E-state index is 5.91. The Hall–Kier alpha value is -0.530. The molecule has 1 aliphatic rings. The van der Waals surface area contributed by atoms with Gasteiger partial charge in [0.2, 0.25) is 0 Å². The largest absolute Gasteiger partial charge is 0.307 e. The highest BCUT2D eigenvalue weighted by molar-refractivity contribution is 6.30. The zero-order chi connectivity index (χ0) is 12.1. The van der Waals surface area contributed by atoms with E-state index in [2.05, 4.69) is 24.4 Å². The number of nitrogens with one attached hydrogen (secondary N) is 1. The van der Waals surface area contributed by atoms with E-state index >= 15 is 0 Å². The number of rotatable bonds is 3. The topological polar surface area (TPSA) is 12.0 Å². The van der Waals surface area contributed by atoms with Crippen molar-refractivity contribution in [3.8, 4) is 0 Å². The number of hydrogen-bond donors (Lipinski definition) is 1. The molecule has 2 heteroatoms. The molecule has 1 N–H and O–H groups in total. The molecule has 0 unspecified atom stereocenters. The fraction of sp³-hybridized carbons (Fsp3) is 0.600. The lowest BCUT2D eigenvalue weighted by molar-refractivity contribution is 0.414. The average Bonchev–Trinajstić information content (AvgIpc) is 2.58. The molecule has 0 bridgehead atoms. The third-order valence-electron chi connectivity index (χ3n) is 3.71. The van der Waals surface area contributed by atoms with Gasteiger partial charge in [-0.2, -0.15) is 0 Å². The minimum atomic E-state index is 0.426. The minimum absolute atomic E-state index is 0.426. The molecule has 0 aromatic heterocycles. The lowest BCUT2D eigenvalue weighted by atomic mass is 10.0. The molecule has 0 heterocycles. The van der Waals surface area contributed by atoms with Gasteiger partial charge in [-0.3, -0.25) is 0 Å². The van der Waals surface area contributed by atoms with Gasteiger partial charge in [0, 0.05) is 17.1 Å². The molecule has 0 amide bonds. The molecule has 2 rings (SSSR count). The predicted octanol–water partition coefficient (Wildman–Crippen LogP) is 4.71. The lowest BCUT2D eigenvalue weighted by Crippen LogP contribution is -2.30. The Kier molecular flexibility index (Phi) is 4.87. The summed E-state index contributed by atoms with van der Waals surface area (Å²) in [5.74, 6) is 0. The molecule has 1 nitrogen and oxygen atoms in total. The predicted molar refractivity (Wildman–Crippen MR) is 74.5 cm³/mol. The number of hydrogen-bond acceptors (Lipinski definition) is 1. The van der Waals surface area contributed by atoms with Crippen LogP contribution in [0.4, 0.5) is 0 Å². The zero-order valence-electron chi connectivity index (χ0n) is 10.6. The second-order valence-electron chi connectivity index (χ2n) is 5.13. The summed E-state index contributed by atoms with van der Waals surface area (Å²) in [6.45, 7) is 2.24. The minimum Gasteiger partial charge on any atom is -0.307 e. The van der Waals surface area contributed by atoms with Gasteiger partial charge in [-0.15, -0.1) is 0 Å². The van der Waals surface area contributed by atoms with E-state index in [0.717, 1.165) is 5.02 Å². The van der Waals surface area contributed by atoms with Gasteiger partial charge in [-0.05, 0) is 37.5 Å². The number of benzene rings is 1. The second kappa shape index (κ2) is 6.42. The summed E-state index contributed by atoms with van der Waals surface area (Å²) in [5, 5.41) is 4.57. The smallest absolute Gasteiger partial charge is 0.0406 e. The third kappa shape index (κ3) is 4.01. The van der Waals surface area contributed by atoms with Crippen molar-refractivity contribution in [2.24, 2.45) is 0 Å². The van der Waals surface area contributed by atoms with E-state index in [1.807, 2.05) is 12.1 Å². The highest BCUT2D eigenvalue weighted by Gasteiger charge is 2.15. The monoisotopic (exact) mass is 251 g/mol. The normalized spacial score (nSPS) is 19.9. The highest BCUT2D eigenvalue weighted by Crippen LogP contribution is 2.21. The van der Waals surface area contributed by atoms with Gasteiger partial charge >= 0.3 is 0 Å². The first-order valence-corrected chi connectivity index (χ1v) is 7.15. The fourth-order valence-corrected chi connectivity index (χ4v) is 2.77. The van der Waals surface area contributed by atoms with Gasteiger partial charge in [0.05, 0.1) is 0 Å². The molecule has 1 fully saturated rings. The van der Waals surface area contributed by atoms with Gasteiger partial charge in [-0.1, -0.05) is 49.4 Å². The van der Waals surface area contributed by atoms with Crippen LogP contribution < -0.4 is 5.32 Å². The molecule has 1 aliphatic carbocycles. The van der Waals surface area contributed by atoms with Crippen LogP contribution in [0.2, 0.25) is 5.02 Å². The summed E-state index contributed by atoms with van der Waals surface area (Å²) < 4.78 is 0. The van der Waals surface area contributed by atoms with Crippen molar-refractivity contribution in [1.29, 1.82) is 0 Å². The average molecular weight is 252 g/mol. The van der Waals surface area contributed by atoms with Gasteiger partial charge < -0.3 is 5.32 Å². The van der Waals surface area contributed by atoms with Crippen LogP contribution in [0.1, 0.15) is 57.1 Å². The van der Waals surface area contributed by atoms with E-state index in [4.69, 9.17) is 11.6 Å². The Labute approximate surface area is 110 Å². The van der Waals surface area contributed by atoms with E-state index < -0.39 is 0 Å². The van der Waals surface area contributed by atoms with Gasteiger partial charge in [0.1, 0.15) is 0 Å². The van der Waals surface area contributed by atoms with Crippen molar-refractivity contribution in [3.63, 3.8) is 0 Å². The van der Waals surface area contributed by atoms with E-state index in [1.54, 1.807) is 0 Å². The van der Waals surface area contributed by atoms with Crippen LogP contribution in [0.3, 0.4) is 0 Å². The van der Waals surface area contributed by atoms with Crippen molar-refractivity contribution in [2.75, 3.05) is 0 Å². The molecular weight excluding hydrogens is 230 g/mol. The lowest BCUT2D eigenvalue weighted by Gasteiger charge is -2.22. The van der Waals surface area contributed by atoms with E-state index in [1.165, 1.54) is 44.1 Å². The van der Waals surface area contributed by atoms with Crippen molar-refractivity contribution in [2.45, 2.75) is 57.5 Å². The Morgan fingerprint density at radius 2 is 1.65 bits per heavy atom. The Balaban J connectivity index is 1.91. The Morgan fingerprint density at radius 3 is 2.24 bits per heavy atom. The summed E-state index contributed by atoms with van der Waals surface area (Å²) in [5.41, 5.74) is 1.33. The van der Waals surface area contributed by atoms with Crippen LogP contribution in [0, 0.1) is 0 Å². The molecule has 0 radical (unpaired) electrons. The van der Waals surface area contributed by atoms with Crippen LogP contribution in [0.5, 0.6) is 0 Å². The number of halogens is 1. The Bertz CT molecular complexity index is 325. The van der Waals surface area contributed by atoms with Crippen LogP contribution in [0.15, 0.2) is 24.3 Å². The van der Waals surface area contributed by atoms with Gasteiger partial charge in [0.25, 0.3) is 0 Å². The van der Waals surface area contributed by atoms with Crippen molar-refractivity contribution < 1.29 is 0 Å². The maximum Gasteiger partial charge on any atom is 0.0406 e. The van der Waals surface area contributed by atoms with Crippen LogP contribution in [0.25, 0.3) is 0 Å². The first-order chi connectivity index (χ1) is 8.25. The van der Waals surface area contributed by atoms with Crippen molar-refractivity contribution in [3.05, 3.63) is 34.9 Å². The van der Waals surface area contributed by atoms with E-state index in [9.17, 15) is 0 Å².